The zero-order valence-corrected chi connectivity index (χ0v) is 19.7. The minimum atomic E-state index is -1.20. The van der Waals surface area contributed by atoms with Gasteiger partial charge in [0, 0.05) is 44.4 Å². The van der Waals surface area contributed by atoms with E-state index in [9.17, 15) is 14.4 Å². The molecule has 1 aromatic heterocycles. The van der Waals surface area contributed by atoms with Crippen LogP contribution in [-0.4, -0.2) is 22.5 Å². The van der Waals surface area contributed by atoms with Gasteiger partial charge in [0.05, 0.1) is 5.56 Å². The fourth-order valence-electron chi connectivity index (χ4n) is 4.10. The number of para-hydroxylation sites is 1. The second-order valence-electron chi connectivity index (χ2n) is 8.19. The number of nitrogens with one attached hydrogen (secondary N) is 1. The lowest BCUT2D eigenvalue weighted by molar-refractivity contribution is 0.0279. The number of H-pyrrole nitrogens is 1. The van der Waals surface area contributed by atoms with Gasteiger partial charge >= 0.3 is 5.97 Å². The second-order valence-corrected chi connectivity index (χ2v) is 8.63. The third kappa shape index (κ3) is 4.57. The van der Waals surface area contributed by atoms with Crippen LogP contribution in [0.1, 0.15) is 48.3 Å². The highest BCUT2D eigenvalue weighted by atomic mass is 35.5. The van der Waals surface area contributed by atoms with Crippen LogP contribution in [0.5, 0.6) is 0 Å². The standard InChI is InChI=1S/C30H20ClNO4/c31-21-16-14-19(15-17-21)27(33)23-11-4-5-12-24(23)30(35)36-29(20-8-2-1-3-9-20)28(34)25-18-32-26-13-7-6-10-22(25)26/h1-18,29,32H/t29-/m0/s1. The van der Waals surface area contributed by atoms with Crippen LogP contribution in [-0.2, 0) is 4.74 Å². The summed E-state index contributed by atoms with van der Waals surface area (Å²) in [6.07, 6.45) is 0.422. The highest BCUT2D eigenvalue weighted by Gasteiger charge is 2.30. The molecule has 1 atom stereocenters. The monoisotopic (exact) mass is 493 g/mol. The normalized spacial score (nSPS) is 11.7. The Morgan fingerprint density at radius 2 is 1.33 bits per heavy atom. The number of benzene rings is 4. The number of ether oxygens (including phenoxy) is 1. The van der Waals surface area contributed by atoms with E-state index in [2.05, 4.69) is 4.98 Å². The zero-order valence-electron chi connectivity index (χ0n) is 19.0. The van der Waals surface area contributed by atoms with Crippen molar-refractivity contribution in [2.75, 3.05) is 0 Å². The molecule has 1 N–H and O–H groups in total. The van der Waals surface area contributed by atoms with Crippen LogP contribution in [0, 0.1) is 0 Å². The topological polar surface area (TPSA) is 76.2 Å². The van der Waals surface area contributed by atoms with Crippen molar-refractivity contribution >= 4 is 40.0 Å². The number of Topliss-reactive ketones (excluding diaryl/α,β-unsaturated/α-hetero) is 1. The minimum Gasteiger partial charge on any atom is -0.445 e. The number of rotatable bonds is 7. The Labute approximate surface area is 212 Å². The number of aromatic amines is 1. The van der Waals surface area contributed by atoms with Gasteiger partial charge in [0.2, 0.25) is 5.78 Å². The smallest absolute Gasteiger partial charge is 0.339 e. The highest BCUT2D eigenvalue weighted by Crippen LogP contribution is 2.29. The second kappa shape index (κ2) is 10.0. The molecule has 4 aromatic carbocycles. The molecule has 5 aromatic rings. The van der Waals surface area contributed by atoms with E-state index in [4.69, 9.17) is 16.3 Å². The van der Waals surface area contributed by atoms with Gasteiger partial charge in [-0.05, 0) is 36.4 Å². The van der Waals surface area contributed by atoms with Crippen LogP contribution < -0.4 is 0 Å². The lowest BCUT2D eigenvalue weighted by Crippen LogP contribution is -2.21. The Morgan fingerprint density at radius 1 is 0.694 bits per heavy atom. The van der Waals surface area contributed by atoms with E-state index in [-0.39, 0.29) is 22.7 Å². The number of halogens is 1. The van der Waals surface area contributed by atoms with Crippen LogP contribution in [0.4, 0.5) is 0 Å². The maximum Gasteiger partial charge on any atom is 0.339 e. The predicted octanol–water partition coefficient (Wildman–Crippen LogP) is 6.83. The van der Waals surface area contributed by atoms with Gasteiger partial charge in [-0.25, -0.2) is 4.79 Å². The van der Waals surface area contributed by atoms with Crippen molar-refractivity contribution in [2.24, 2.45) is 0 Å². The summed E-state index contributed by atoms with van der Waals surface area (Å²) in [6.45, 7) is 0. The maximum atomic E-state index is 13.7. The molecule has 0 unspecified atom stereocenters. The Morgan fingerprint density at radius 3 is 2.08 bits per heavy atom. The third-order valence-corrected chi connectivity index (χ3v) is 6.17. The highest BCUT2D eigenvalue weighted by molar-refractivity contribution is 6.30. The Bertz CT molecular complexity index is 1570. The van der Waals surface area contributed by atoms with Gasteiger partial charge in [-0.1, -0.05) is 78.3 Å². The molecule has 176 valence electrons. The van der Waals surface area contributed by atoms with E-state index in [1.807, 2.05) is 30.3 Å². The lowest BCUT2D eigenvalue weighted by atomic mass is 9.97. The van der Waals surface area contributed by atoms with Gasteiger partial charge in [-0.3, -0.25) is 9.59 Å². The molecule has 0 amide bonds. The predicted molar refractivity (Wildman–Crippen MR) is 139 cm³/mol. The summed E-state index contributed by atoms with van der Waals surface area (Å²) in [7, 11) is 0. The van der Waals surface area contributed by atoms with Gasteiger partial charge in [0.25, 0.3) is 0 Å². The van der Waals surface area contributed by atoms with Gasteiger partial charge in [-0.2, -0.15) is 0 Å². The Balaban J connectivity index is 1.51. The van der Waals surface area contributed by atoms with Gasteiger partial charge in [0.15, 0.2) is 11.9 Å². The maximum absolute atomic E-state index is 13.7. The van der Waals surface area contributed by atoms with Crippen molar-refractivity contribution in [3.8, 4) is 0 Å². The number of esters is 1. The molecule has 1 heterocycles. The molecule has 0 aliphatic heterocycles. The zero-order chi connectivity index (χ0) is 25.1. The van der Waals surface area contributed by atoms with Crippen LogP contribution in [0.3, 0.4) is 0 Å². The van der Waals surface area contributed by atoms with Gasteiger partial charge in [-0.15, -0.1) is 0 Å². The van der Waals surface area contributed by atoms with Gasteiger partial charge < -0.3 is 9.72 Å². The van der Waals surface area contributed by atoms with E-state index in [0.29, 0.717) is 21.7 Å². The first kappa shape index (κ1) is 23.3. The fourth-order valence-corrected chi connectivity index (χ4v) is 4.23. The van der Waals surface area contributed by atoms with Crippen molar-refractivity contribution in [3.63, 3.8) is 0 Å². The summed E-state index contributed by atoms with van der Waals surface area (Å²) in [6, 6.07) is 29.1. The SMILES string of the molecule is O=C(O[C@H](C(=O)c1c[nH]c2ccccc12)c1ccccc1)c1ccccc1C(=O)c1ccc(Cl)cc1. The quantitative estimate of drug-likeness (QED) is 0.199. The molecule has 0 radical (unpaired) electrons. The number of carbonyl (C=O) groups excluding carboxylic acids is 3. The number of fused-ring (bicyclic) bond motifs is 1. The molecule has 0 saturated heterocycles. The van der Waals surface area contributed by atoms with Crippen LogP contribution >= 0.6 is 11.6 Å². The van der Waals surface area contributed by atoms with Crippen molar-refractivity contribution in [2.45, 2.75) is 6.10 Å². The molecule has 6 heteroatoms. The summed E-state index contributed by atoms with van der Waals surface area (Å²) in [5.41, 5.74) is 2.38. The molecule has 0 bridgehead atoms. The number of carbonyl (C=O) groups is 3. The van der Waals surface area contributed by atoms with Crippen LogP contribution in [0.15, 0.2) is 109 Å². The number of hydrogen-bond acceptors (Lipinski definition) is 4. The molecule has 0 spiro atoms. The summed E-state index contributed by atoms with van der Waals surface area (Å²) >= 11 is 5.95. The number of hydrogen-bond donors (Lipinski definition) is 1. The fraction of sp³-hybridized carbons (Fsp3) is 0.0333. The van der Waals surface area contributed by atoms with Crippen LogP contribution in [0.25, 0.3) is 10.9 Å². The third-order valence-electron chi connectivity index (χ3n) is 5.92. The summed E-state index contributed by atoms with van der Waals surface area (Å²) in [4.78, 5) is 43.4. The Hall–Kier alpha value is -4.48. The molecular formula is C30H20ClNO4. The molecule has 36 heavy (non-hydrogen) atoms. The summed E-state index contributed by atoms with van der Waals surface area (Å²) in [5.74, 6) is -1.48. The molecule has 5 rings (SSSR count). The van der Waals surface area contributed by atoms with E-state index >= 15 is 0 Å². The van der Waals surface area contributed by atoms with E-state index in [0.717, 1.165) is 10.9 Å². The summed E-state index contributed by atoms with van der Waals surface area (Å²) in [5, 5.41) is 1.23. The first-order valence-corrected chi connectivity index (χ1v) is 11.7. The summed E-state index contributed by atoms with van der Waals surface area (Å²) < 4.78 is 5.83. The van der Waals surface area contributed by atoms with E-state index < -0.39 is 12.1 Å². The number of ketones is 2. The molecule has 0 aliphatic carbocycles. The average Bonchev–Trinajstić information content (AvgIpc) is 3.36. The average molecular weight is 494 g/mol. The first-order valence-electron chi connectivity index (χ1n) is 11.3. The molecule has 0 saturated carbocycles. The van der Waals surface area contributed by atoms with Crippen LogP contribution in [0.2, 0.25) is 5.02 Å². The van der Waals surface area contributed by atoms with E-state index in [1.54, 1.807) is 72.9 Å². The molecule has 0 fully saturated rings. The van der Waals surface area contributed by atoms with Crippen molar-refractivity contribution < 1.29 is 19.1 Å². The van der Waals surface area contributed by atoms with Gasteiger partial charge in [0.1, 0.15) is 0 Å². The van der Waals surface area contributed by atoms with Crippen molar-refractivity contribution in [1.29, 1.82) is 0 Å². The molecular weight excluding hydrogens is 474 g/mol. The van der Waals surface area contributed by atoms with Crippen molar-refractivity contribution in [1.82, 2.24) is 4.98 Å². The largest absolute Gasteiger partial charge is 0.445 e. The Kier molecular flexibility index (Phi) is 6.48. The number of aromatic nitrogens is 1. The molecule has 0 aliphatic rings. The van der Waals surface area contributed by atoms with E-state index in [1.165, 1.54) is 6.07 Å². The molecule has 5 nitrogen and oxygen atoms in total. The first-order chi connectivity index (χ1) is 17.5. The lowest BCUT2D eigenvalue weighted by Gasteiger charge is -2.18. The van der Waals surface area contributed by atoms with Crippen molar-refractivity contribution in [3.05, 3.63) is 142 Å². The minimum absolute atomic E-state index is 0.0742.